The highest BCUT2D eigenvalue weighted by atomic mass is 16.5. The summed E-state index contributed by atoms with van der Waals surface area (Å²) in [5.41, 5.74) is 6.64. The fraction of sp³-hybridized carbons (Fsp3) is 0.500. The summed E-state index contributed by atoms with van der Waals surface area (Å²) in [4.78, 5) is 89.4. The fourth-order valence-electron chi connectivity index (χ4n) is 8.14. The minimum Gasteiger partial charge on any atom is -0.445 e. The predicted octanol–water partition coefficient (Wildman–Crippen LogP) is 2.93. The molecule has 3 heterocycles. The number of benzene rings is 2. The van der Waals surface area contributed by atoms with Gasteiger partial charge in [-0.1, -0.05) is 73.7 Å². The van der Waals surface area contributed by atoms with Crippen molar-refractivity contribution in [1.82, 2.24) is 45.8 Å². The van der Waals surface area contributed by atoms with Gasteiger partial charge in [0.05, 0.1) is 41.4 Å². The molecule has 0 radical (unpaired) electrons. The number of H-pyrrole nitrogens is 1. The number of nitrogens with one attached hydrogen (secondary N) is 4. The molecule has 0 bridgehead atoms. The number of aromatic nitrogens is 5. The first kappa shape index (κ1) is 43.4. The number of alkyl carbamates (subject to hydrolysis) is 1. The molecule has 1 unspecified atom stereocenters. The third-order valence-corrected chi connectivity index (χ3v) is 11.3. The Kier molecular flexibility index (Phi) is 14.3. The standard InChI is InChI=1S/C42H54N10O8/c1-42(2,59)34-22-47-50-52(34)28-21-33(39(56)48-31(36(53)37(43)54)17-9-10-19-44-41(58)60-24-27-14-7-4-8-15-27)51(23-28)40(57)32(20-26-12-5-3-6-13-26)49-38(55)29-16-11-18-30-35(29)46-25-45-30/h4,7-8,11,14-16,18,22,25-26,28,31-33,59H,3,5-6,9-10,12-13,17,19-21,23-24H2,1-2H3,(H2,43,54)(H,44,58)(H,45,46)(H,48,56)(H,49,55)/t28-,31?,32+,33-/m0/s1. The molecule has 6 rings (SSSR count). The number of hydrogen-bond acceptors (Lipinski definition) is 11. The number of unbranched alkanes of at least 4 members (excludes halogenated alkanes) is 1. The number of primary amides is 1. The third kappa shape index (κ3) is 10.9. The number of nitrogens with two attached hydrogens (primary N) is 1. The van der Waals surface area contributed by atoms with Crippen LogP contribution in [0.1, 0.15) is 106 Å². The molecule has 7 N–H and O–H groups in total. The average Bonchev–Trinajstić information content (AvgIpc) is 4.03. The molecular formula is C42H54N10O8. The number of imidazole rings is 1. The van der Waals surface area contributed by atoms with Crippen LogP contribution in [0, 0.1) is 5.92 Å². The van der Waals surface area contributed by atoms with Crippen molar-refractivity contribution in [1.29, 1.82) is 0 Å². The number of likely N-dealkylation sites (tertiary alicyclic amines) is 1. The number of aliphatic hydroxyl groups is 1. The number of fused-ring (bicyclic) bond motifs is 1. The van der Waals surface area contributed by atoms with E-state index in [-0.39, 0.29) is 44.0 Å². The molecule has 18 nitrogen and oxygen atoms in total. The second-order valence-corrected chi connectivity index (χ2v) is 16.2. The van der Waals surface area contributed by atoms with Gasteiger partial charge in [-0.25, -0.2) is 14.5 Å². The summed E-state index contributed by atoms with van der Waals surface area (Å²) in [5, 5.41) is 27.5. The number of ketones is 1. The number of carbonyl (C=O) groups is 6. The van der Waals surface area contributed by atoms with Crippen LogP contribution in [0.2, 0.25) is 0 Å². The Morgan fingerprint density at radius 2 is 1.75 bits per heavy atom. The highest BCUT2D eigenvalue weighted by molar-refractivity contribution is 6.37. The fourth-order valence-corrected chi connectivity index (χ4v) is 8.14. The molecule has 2 aromatic heterocycles. The van der Waals surface area contributed by atoms with Crippen LogP contribution in [-0.2, 0) is 36.1 Å². The van der Waals surface area contributed by atoms with Gasteiger partial charge in [0.25, 0.3) is 11.8 Å². The van der Waals surface area contributed by atoms with Crippen molar-refractivity contribution in [3.63, 3.8) is 0 Å². The summed E-state index contributed by atoms with van der Waals surface area (Å²) in [6.45, 7) is 3.42. The van der Waals surface area contributed by atoms with Crippen LogP contribution < -0.4 is 21.7 Å². The lowest BCUT2D eigenvalue weighted by Gasteiger charge is -2.32. The monoisotopic (exact) mass is 826 g/mol. The van der Waals surface area contributed by atoms with Crippen LogP contribution in [0.5, 0.6) is 0 Å². The molecule has 18 heteroatoms. The molecule has 1 aliphatic heterocycles. The number of amides is 5. The normalized spacial score (nSPS) is 18.1. The Bertz CT molecular complexity index is 2140. The molecular weight excluding hydrogens is 773 g/mol. The maximum atomic E-state index is 14.9. The average molecular weight is 827 g/mol. The van der Waals surface area contributed by atoms with Crippen LogP contribution in [0.25, 0.3) is 11.0 Å². The quantitative estimate of drug-likeness (QED) is 0.0628. The number of hydrogen-bond donors (Lipinski definition) is 6. The van der Waals surface area contributed by atoms with E-state index < -0.39 is 65.3 Å². The largest absolute Gasteiger partial charge is 0.445 e. The SMILES string of the molecule is CC(C)(O)c1cnnn1[C@H]1C[C@@H](C(=O)NC(CCCCNC(=O)OCc2ccccc2)C(=O)C(N)=O)N(C(=O)[C@@H](CC2CCCCC2)NC(=O)c2cccc3[nH]cnc23)C1. The lowest BCUT2D eigenvalue weighted by Crippen LogP contribution is -2.56. The van der Waals surface area contributed by atoms with E-state index in [0.29, 0.717) is 36.0 Å². The number of nitrogens with zero attached hydrogens (tertiary/aromatic N) is 5. The van der Waals surface area contributed by atoms with Crippen LogP contribution in [0.4, 0.5) is 4.79 Å². The zero-order chi connectivity index (χ0) is 42.8. The van der Waals surface area contributed by atoms with E-state index in [1.165, 1.54) is 22.1 Å². The second-order valence-electron chi connectivity index (χ2n) is 16.2. The van der Waals surface area contributed by atoms with Crippen molar-refractivity contribution in [3.05, 3.63) is 77.9 Å². The maximum absolute atomic E-state index is 14.9. The van der Waals surface area contributed by atoms with Gasteiger partial charge in [0.1, 0.15) is 29.8 Å². The molecule has 2 aromatic carbocycles. The zero-order valence-corrected chi connectivity index (χ0v) is 34.0. The molecule has 4 atom stereocenters. The topological polar surface area (TPSA) is 257 Å². The maximum Gasteiger partial charge on any atom is 0.407 e. The molecule has 2 fully saturated rings. The number of para-hydroxylation sites is 1. The van der Waals surface area contributed by atoms with E-state index in [0.717, 1.165) is 37.7 Å². The molecule has 60 heavy (non-hydrogen) atoms. The van der Waals surface area contributed by atoms with E-state index >= 15 is 0 Å². The molecule has 5 amide bonds. The first-order chi connectivity index (χ1) is 28.8. The van der Waals surface area contributed by atoms with Gasteiger partial charge in [0.2, 0.25) is 17.6 Å². The van der Waals surface area contributed by atoms with E-state index in [1.807, 2.05) is 30.3 Å². The highest BCUT2D eigenvalue weighted by Gasteiger charge is 2.45. The van der Waals surface area contributed by atoms with Crippen molar-refractivity contribution < 1.29 is 38.6 Å². The second kappa shape index (κ2) is 19.7. The Morgan fingerprint density at radius 3 is 2.48 bits per heavy atom. The molecule has 1 aliphatic carbocycles. The zero-order valence-electron chi connectivity index (χ0n) is 34.0. The predicted molar refractivity (Wildman–Crippen MR) is 218 cm³/mol. The Balaban J connectivity index is 1.20. The molecule has 2 aliphatic rings. The van der Waals surface area contributed by atoms with Crippen LogP contribution >= 0.6 is 0 Å². The van der Waals surface area contributed by atoms with Gasteiger partial charge in [0, 0.05) is 19.5 Å². The van der Waals surface area contributed by atoms with Crippen molar-refractivity contribution >= 4 is 46.5 Å². The minimum absolute atomic E-state index is 0.0172. The highest BCUT2D eigenvalue weighted by Crippen LogP contribution is 2.34. The van der Waals surface area contributed by atoms with Gasteiger partial charge >= 0.3 is 6.09 Å². The lowest BCUT2D eigenvalue weighted by molar-refractivity contribution is -0.142. The Labute approximate surface area is 347 Å². The molecule has 0 spiro atoms. The summed E-state index contributed by atoms with van der Waals surface area (Å²) in [7, 11) is 0. The Hall–Kier alpha value is -6.17. The van der Waals surface area contributed by atoms with Crippen LogP contribution in [0.3, 0.4) is 0 Å². The van der Waals surface area contributed by atoms with Gasteiger partial charge in [-0.2, -0.15) is 0 Å². The van der Waals surface area contributed by atoms with Crippen molar-refractivity contribution in [2.75, 3.05) is 13.1 Å². The van der Waals surface area contributed by atoms with Crippen molar-refractivity contribution in [2.24, 2.45) is 11.7 Å². The van der Waals surface area contributed by atoms with Gasteiger partial charge in [-0.05, 0) is 63.1 Å². The lowest BCUT2D eigenvalue weighted by atomic mass is 9.84. The van der Waals surface area contributed by atoms with Crippen LogP contribution in [0.15, 0.2) is 61.1 Å². The molecule has 1 saturated heterocycles. The summed E-state index contributed by atoms with van der Waals surface area (Å²) in [5.74, 6) is -3.80. The van der Waals surface area contributed by atoms with Crippen molar-refractivity contribution in [2.45, 2.75) is 114 Å². The summed E-state index contributed by atoms with van der Waals surface area (Å²) in [6, 6.07) is 10.2. The summed E-state index contributed by atoms with van der Waals surface area (Å²) >= 11 is 0. The van der Waals surface area contributed by atoms with Crippen molar-refractivity contribution in [3.8, 4) is 0 Å². The summed E-state index contributed by atoms with van der Waals surface area (Å²) in [6.07, 6.45) is 8.22. The summed E-state index contributed by atoms with van der Waals surface area (Å²) < 4.78 is 6.73. The van der Waals surface area contributed by atoms with E-state index in [1.54, 1.807) is 32.0 Å². The van der Waals surface area contributed by atoms with Crippen LogP contribution in [-0.4, -0.2) is 102 Å². The first-order valence-electron chi connectivity index (χ1n) is 20.5. The van der Waals surface area contributed by atoms with E-state index in [4.69, 9.17) is 10.5 Å². The number of carbonyl (C=O) groups excluding carboxylic acids is 6. The number of aromatic amines is 1. The van der Waals surface area contributed by atoms with Gasteiger partial charge in [0.15, 0.2) is 0 Å². The Morgan fingerprint density at radius 1 is 0.983 bits per heavy atom. The first-order valence-corrected chi connectivity index (χ1v) is 20.5. The molecule has 320 valence electrons. The number of ether oxygens (including phenoxy) is 1. The molecule has 1 saturated carbocycles. The third-order valence-electron chi connectivity index (χ3n) is 11.3. The van der Waals surface area contributed by atoms with Gasteiger partial charge < -0.3 is 41.4 Å². The number of rotatable bonds is 18. The smallest absolute Gasteiger partial charge is 0.407 e. The van der Waals surface area contributed by atoms with Gasteiger partial charge in [-0.15, -0.1) is 5.10 Å². The number of Topliss-reactive ketones (excluding diaryl/α,β-unsaturated/α-hetero) is 1. The van der Waals surface area contributed by atoms with E-state index in [9.17, 15) is 33.9 Å². The molecule has 4 aromatic rings. The van der Waals surface area contributed by atoms with Gasteiger partial charge in [-0.3, -0.25) is 24.0 Å². The minimum atomic E-state index is -1.37. The van der Waals surface area contributed by atoms with E-state index in [2.05, 4.69) is 36.2 Å².